The van der Waals surface area contributed by atoms with E-state index < -0.39 is 23.3 Å². The molecule has 2 spiro atoms. The second-order valence-electron chi connectivity index (χ2n) is 17.7. The van der Waals surface area contributed by atoms with E-state index in [4.69, 9.17) is 0 Å². The van der Waals surface area contributed by atoms with Crippen molar-refractivity contribution in [2.45, 2.75) is 148 Å². The first-order valence-corrected chi connectivity index (χ1v) is 19.6. The van der Waals surface area contributed by atoms with Crippen LogP contribution in [0.15, 0.2) is 36.4 Å². The Morgan fingerprint density at radius 3 is 1.26 bits per heavy atom. The Labute approximate surface area is 281 Å². The summed E-state index contributed by atoms with van der Waals surface area (Å²) in [6, 6.07) is 8.95. The molecule has 8 rings (SSSR count). The molecule has 0 heterocycles. The number of benzene rings is 2. The van der Waals surface area contributed by atoms with Crippen molar-refractivity contribution in [2.24, 2.45) is 46.3 Å². The standard InChI is InChI=1S/C22H30F2.C21H28F2/c1-2-3-15-4-6-16(7-5-15)18-11-22(12-18)13-19(14-22)17-8-9-20(23)21(24)10-17;1-2-14-3-5-15(6-4-14)17-10-21(11-17)12-18(13-21)16-7-8-19(22)20(23)9-16/h8-10,15-16,18-19H,2-7,11-14H2,1H3;7-9,14-15,17-18H,2-6,10-13H2,1H3/t15-,16-,18?,19?,22?;14-,15-,17?,18?,21?. The lowest BCUT2D eigenvalue weighted by atomic mass is 9.45. The van der Waals surface area contributed by atoms with Crippen LogP contribution in [0.5, 0.6) is 0 Å². The van der Waals surface area contributed by atoms with E-state index >= 15 is 0 Å². The zero-order valence-corrected chi connectivity index (χ0v) is 29.0. The third-order valence-electron chi connectivity index (χ3n) is 14.7. The highest BCUT2D eigenvalue weighted by molar-refractivity contribution is 5.28. The molecule has 0 aromatic heterocycles. The van der Waals surface area contributed by atoms with Gasteiger partial charge in [0.05, 0.1) is 0 Å². The van der Waals surface area contributed by atoms with Gasteiger partial charge in [0.25, 0.3) is 0 Å². The Morgan fingerprint density at radius 1 is 0.489 bits per heavy atom. The molecule has 2 aromatic carbocycles. The first-order valence-electron chi connectivity index (χ1n) is 19.6. The molecule has 0 bridgehead atoms. The van der Waals surface area contributed by atoms with Crippen molar-refractivity contribution in [2.75, 3.05) is 0 Å². The average Bonchev–Trinajstić information content (AvgIpc) is 2.99. The van der Waals surface area contributed by atoms with Gasteiger partial charge in [-0.2, -0.15) is 0 Å². The summed E-state index contributed by atoms with van der Waals surface area (Å²) in [4.78, 5) is 0. The molecular weight excluding hydrogens is 592 g/mol. The Morgan fingerprint density at radius 2 is 0.894 bits per heavy atom. The van der Waals surface area contributed by atoms with Crippen LogP contribution in [0.2, 0.25) is 0 Å². The summed E-state index contributed by atoms with van der Waals surface area (Å²) in [5, 5.41) is 0. The molecule has 6 aliphatic rings. The Balaban J connectivity index is 0.000000150. The molecule has 0 N–H and O–H groups in total. The topological polar surface area (TPSA) is 0 Å². The van der Waals surface area contributed by atoms with Crippen molar-refractivity contribution in [3.8, 4) is 0 Å². The lowest BCUT2D eigenvalue weighted by Crippen LogP contribution is -2.49. The number of halogens is 4. The molecular formula is C43H58F4. The summed E-state index contributed by atoms with van der Waals surface area (Å²) >= 11 is 0. The van der Waals surface area contributed by atoms with Crippen molar-refractivity contribution < 1.29 is 17.6 Å². The highest BCUT2D eigenvalue weighted by Gasteiger charge is 2.55. The molecule has 6 fully saturated rings. The first-order chi connectivity index (χ1) is 22.7. The fraction of sp³-hybridized carbons (Fsp3) is 0.721. The molecule has 4 heteroatoms. The van der Waals surface area contributed by atoms with Crippen LogP contribution in [0.25, 0.3) is 0 Å². The van der Waals surface area contributed by atoms with Gasteiger partial charge in [-0.3, -0.25) is 0 Å². The van der Waals surface area contributed by atoms with E-state index in [2.05, 4.69) is 13.8 Å². The van der Waals surface area contributed by atoms with Gasteiger partial charge in [-0.1, -0.05) is 70.9 Å². The minimum absolute atomic E-state index is 0.460. The maximum Gasteiger partial charge on any atom is 0.159 e. The SMILES string of the molecule is CCC[C@H]1CC[C@H](C2CC3(CC(c4ccc(F)c(F)c4)C3)C2)CC1.CC[C@H]1CC[C@H](C2CC3(CC(c4ccc(F)c(F)c4)C3)C2)CC1. The van der Waals surface area contributed by atoms with Gasteiger partial charge in [-0.15, -0.1) is 0 Å². The molecule has 258 valence electrons. The lowest BCUT2D eigenvalue weighted by Gasteiger charge is -2.60. The molecule has 0 saturated heterocycles. The summed E-state index contributed by atoms with van der Waals surface area (Å²) in [6.07, 6.45) is 26.1. The van der Waals surface area contributed by atoms with Crippen LogP contribution in [0.3, 0.4) is 0 Å². The largest absolute Gasteiger partial charge is 0.204 e. The van der Waals surface area contributed by atoms with E-state index in [1.165, 1.54) is 146 Å². The molecule has 2 aromatic rings. The summed E-state index contributed by atoms with van der Waals surface area (Å²) in [5.41, 5.74) is 3.12. The van der Waals surface area contributed by atoms with E-state index in [9.17, 15) is 17.6 Å². The smallest absolute Gasteiger partial charge is 0.159 e. The second kappa shape index (κ2) is 13.8. The molecule has 0 nitrogen and oxygen atoms in total. The van der Waals surface area contributed by atoms with Crippen molar-refractivity contribution >= 4 is 0 Å². The number of rotatable bonds is 7. The summed E-state index contributed by atoms with van der Waals surface area (Å²) in [5.74, 6) is 3.94. The third-order valence-corrected chi connectivity index (χ3v) is 14.7. The van der Waals surface area contributed by atoms with E-state index in [0.29, 0.717) is 22.7 Å². The lowest BCUT2D eigenvalue weighted by molar-refractivity contribution is -0.0727. The average molecular weight is 651 g/mol. The predicted molar refractivity (Wildman–Crippen MR) is 183 cm³/mol. The van der Waals surface area contributed by atoms with Gasteiger partial charge >= 0.3 is 0 Å². The summed E-state index contributed by atoms with van der Waals surface area (Å²) in [6.45, 7) is 4.64. The van der Waals surface area contributed by atoms with Crippen molar-refractivity contribution in [1.29, 1.82) is 0 Å². The highest BCUT2D eigenvalue weighted by Crippen LogP contribution is 2.67. The Kier molecular flexibility index (Phi) is 9.89. The van der Waals surface area contributed by atoms with Crippen LogP contribution in [-0.4, -0.2) is 0 Å². The molecule has 47 heavy (non-hydrogen) atoms. The minimum Gasteiger partial charge on any atom is -0.204 e. The molecule has 0 radical (unpaired) electrons. The van der Waals surface area contributed by atoms with E-state index in [1.54, 1.807) is 12.1 Å². The molecule has 0 amide bonds. The normalized spacial score (nSPS) is 39.2. The van der Waals surface area contributed by atoms with Crippen LogP contribution in [0, 0.1) is 69.6 Å². The van der Waals surface area contributed by atoms with Crippen LogP contribution in [0.4, 0.5) is 17.6 Å². The van der Waals surface area contributed by atoms with E-state index in [-0.39, 0.29) is 0 Å². The monoisotopic (exact) mass is 650 g/mol. The van der Waals surface area contributed by atoms with Crippen molar-refractivity contribution in [1.82, 2.24) is 0 Å². The zero-order chi connectivity index (χ0) is 32.8. The van der Waals surface area contributed by atoms with Gasteiger partial charge in [0, 0.05) is 0 Å². The third kappa shape index (κ3) is 7.10. The van der Waals surface area contributed by atoms with Crippen LogP contribution in [0.1, 0.15) is 159 Å². The van der Waals surface area contributed by atoms with Crippen molar-refractivity contribution in [3.05, 3.63) is 70.8 Å². The van der Waals surface area contributed by atoms with Gasteiger partial charge in [0.1, 0.15) is 0 Å². The Bertz CT molecular complexity index is 1340. The van der Waals surface area contributed by atoms with E-state index in [0.717, 1.165) is 46.6 Å². The zero-order valence-electron chi connectivity index (χ0n) is 29.0. The fourth-order valence-corrected chi connectivity index (χ4v) is 11.8. The molecule has 6 aliphatic carbocycles. The maximum absolute atomic E-state index is 13.4. The second-order valence-corrected chi connectivity index (χ2v) is 17.7. The summed E-state index contributed by atoms with van der Waals surface area (Å²) in [7, 11) is 0. The van der Waals surface area contributed by atoms with Gasteiger partial charge in [0.15, 0.2) is 23.3 Å². The van der Waals surface area contributed by atoms with Gasteiger partial charge < -0.3 is 0 Å². The quantitative estimate of drug-likeness (QED) is 0.262. The molecule has 0 unspecified atom stereocenters. The molecule has 6 saturated carbocycles. The Hall–Kier alpha value is -1.84. The molecule has 0 atom stereocenters. The summed E-state index contributed by atoms with van der Waals surface area (Å²) < 4.78 is 52.9. The minimum atomic E-state index is -0.728. The number of hydrogen-bond donors (Lipinski definition) is 0. The van der Waals surface area contributed by atoms with Crippen LogP contribution >= 0.6 is 0 Å². The van der Waals surface area contributed by atoms with Crippen LogP contribution in [-0.2, 0) is 0 Å². The maximum atomic E-state index is 13.4. The highest BCUT2D eigenvalue weighted by atomic mass is 19.2. The fourth-order valence-electron chi connectivity index (χ4n) is 11.8. The first kappa shape index (κ1) is 33.6. The van der Waals surface area contributed by atoms with E-state index in [1.807, 2.05) is 0 Å². The van der Waals surface area contributed by atoms with Gasteiger partial charge in [-0.25, -0.2) is 17.6 Å². The number of hydrogen-bond acceptors (Lipinski definition) is 0. The van der Waals surface area contributed by atoms with Crippen molar-refractivity contribution in [3.63, 3.8) is 0 Å². The van der Waals surface area contributed by atoms with Crippen LogP contribution < -0.4 is 0 Å². The molecule has 0 aliphatic heterocycles. The van der Waals surface area contributed by atoms with Gasteiger partial charge in [0.2, 0.25) is 0 Å². The van der Waals surface area contributed by atoms with Gasteiger partial charge in [-0.05, 0) is 171 Å². The predicted octanol–water partition coefficient (Wildman–Crippen LogP) is 13.3.